The fraction of sp³-hybridized carbons (Fsp3) is 0.375. The van der Waals surface area contributed by atoms with Crippen LogP contribution < -0.4 is 5.73 Å². The fourth-order valence-electron chi connectivity index (χ4n) is 3.03. The summed E-state index contributed by atoms with van der Waals surface area (Å²) in [5.41, 5.74) is 7.83. The van der Waals surface area contributed by atoms with Gasteiger partial charge in [-0.05, 0) is 36.6 Å². The van der Waals surface area contributed by atoms with E-state index >= 15 is 0 Å². The average Bonchev–Trinajstić information content (AvgIpc) is 3.13. The van der Waals surface area contributed by atoms with Gasteiger partial charge in [0.05, 0.1) is 4.34 Å². The molecule has 0 saturated carbocycles. The molecule has 24 heavy (non-hydrogen) atoms. The van der Waals surface area contributed by atoms with E-state index < -0.39 is 10.0 Å². The summed E-state index contributed by atoms with van der Waals surface area (Å²) in [7, 11) is -3.51. The Morgan fingerprint density at radius 2 is 1.96 bits per heavy atom. The van der Waals surface area contributed by atoms with Crippen molar-refractivity contribution in [1.82, 2.24) is 4.31 Å². The first-order chi connectivity index (χ1) is 10.9. The molecular weight excluding hydrogens is 387 g/mol. The number of sulfonamides is 1. The molecule has 2 atom stereocenters. The van der Waals surface area contributed by atoms with Crippen LogP contribution in [-0.4, -0.2) is 32.4 Å². The topological polar surface area (TPSA) is 63.4 Å². The standard InChI is InChI=1S/C16H19ClN2O2S2.ClH/c1-11-7-15(22-16(11)17)23(20,21)19-9-13(8-18)14(10-19)12-5-3-2-4-6-12;/h2-7,13-14H,8-10,18H2,1H3;1H/t13-,14+;/m1./s1. The molecular formula is C16H20Cl2N2O2S2. The van der Waals surface area contributed by atoms with Gasteiger partial charge in [-0.2, -0.15) is 4.31 Å². The molecule has 8 heteroatoms. The summed E-state index contributed by atoms with van der Waals surface area (Å²) >= 11 is 7.16. The van der Waals surface area contributed by atoms with Crippen molar-refractivity contribution in [2.75, 3.05) is 19.6 Å². The van der Waals surface area contributed by atoms with E-state index in [-0.39, 0.29) is 24.2 Å². The fourth-order valence-corrected chi connectivity index (χ4v) is 6.42. The maximum Gasteiger partial charge on any atom is 0.252 e. The van der Waals surface area contributed by atoms with Crippen LogP contribution in [0.5, 0.6) is 0 Å². The van der Waals surface area contributed by atoms with Gasteiger partial charge in [-0.15, -0.1) is 23.7 Å². The van der Waals surface area contributed by atoms with Crippen molar-refractivity contribution in [2.24, 2.45) is 11.7 Å². The lowest BCUT2D eigenvalue weighted by Gasteiger charge is -2.16. The number of rotatable bonds is 4. The molecule has 1 aliphatic rings. The van der Waals surface area contributed by atoms with Crippen molar-refractivity contribution in [3.63, 3.8) is 0 Å². The first-order valence-electron chi connectivity index (χ1n) is 7.44. The second-order valence-corrected chi connectivity index (χ2v) is 9.68. The summed E-state index contributed by atoms with van der Waals surface area (Å²) in [4.78, 5) is 0. The molecule has 0 bridgehead atoms. The zero-order valence-corrected chi connectivity index (χ0v) is 16.4. The summed E-state index contributed by atoms with van der Waals surface area (Å²) in [5.74, 6) is 0.260. The SMILES string of the molecule is Cc1cc(S(=O)(=O)N2C[C@@H](CN)[C@H](c3ccccc3)C2)sc1Cl.Cl. The lowest BCUT2D eigenvalue weighted by Crippen LogP contribution is -2.29. The van der Waals surface area contributed by atoms with Crippen LogP contribution >= 0.6 is 35.3 Å². The van der Waals surface area contributed by atoms with Gasteiger partial charge in [-0.1, -0.05) is 41.9 Å². The van der Waals surface area contributed by atoms with Gasteiger partial charge in [0.25, 0.3) is 10.0 Å². The van der Waals surface area contributed by atoms with Crippen molar-refractivity contribution >= 4 is 45.4 Å². The van der Waals surface area contributed by atoms with Crippen LogP contribution in [0.15, 0.2) is 40.6 Å². The van der Waals surface area contributed by atoms with Crippen molar-refractivity contribution in [3.8, 4) is 0 Å². The highest BCUT2D eigenvalue weighted by molar-refractivity contribution is 7.91. The molecule has 0 aliphatic carbocycles. The van der Waals surface area contributed by atoms with Gasteiger partial charge in [-0.3, -0.25) is 0 Å². The molecule has 2 heterocycles. The average molecular weight is 407 g/mol. The molecule has 4 nitrogen and oxygen atoms in total. The quantitative estimate of drug-likeness (QED) is 0.844. The van der Waals surface area contributed by atoms with E-state index in [1.165, 1.54) is 0 Å². The molecule has 0 spiro atoms. The van der Waals surface area contributed by atoms with Crippen molar-refractivity contribution in [1.29, 1.82) is 0 Å². The second kappa shape index (κ2) is 7.72. The number of nitrogens with two attached hydrogens (primary N) is 1. The summed E-state index contributed by atoms with van der Waals surface area (Å²) in [6, 6.07) is 11.6. The Labute approximate surface area is 158 Å². The molecule has 2 N–H and O–H groups in total. The van der Waals surface area contributed by atoms with Crippen molar-refractivity contribution in [3.05, 3.63) is 51.9 Å². The molecule has 1 aliphatic heterocycles. The zero-order chi connectivity index (χ0) is 16.6. The Bertz CT molecular complexity index is 774. The van der Waals surface area contributed by atoms with Gasteiger partial charge in [-0.25, -0.2) is 8.42 Å². The first-order valence-corrected chi connectivity index (χ1v) is 10.1. The van der Waals surface area contributed by atoms with E-state index in [2.05, 4.69) is 0 Å². The Morgan fingerprint density at radius 3 is 2.50 bits per heavy atom. The smallest absolute Gasteiger partial charge is 0.252 e. The normalized spacial score (nSPS) is 21.6. The van der Waals surface area contributed by atoms with Crippen molar-refractivity contribution < 1.29 is 8.42 Å². The Hall–Kier alpha value is -0.630. The minimum atomic E-state index is -3.51. The Kier molecular flexibility index (Phi) is 6.34. The van der Waals surface area contributed by atoms with Gasteiger partial charge in [0, 0.05) is 19.0 Å². The summed E-state index contributed by atoms with van der Waals surface area (Å²) in [6.07, 6.45) is 0. The van der Waals surface area contributed by atoms with Gasteiger partial charge in [0.2, 0.25) is 0 Å². The molecule has 0 radical (unpaired) electrons. The van der Waals surface area contributed by atoms with E-state index in [4.69, 9.17) is 17.3 Å². The number of aryl methyl sites for hydroxylation is 1. The number of nitrogens with zero attached hydrogens (tertiary/aromatic N) is 1. The molecule has 1 fully saturated rings. The highest BCUT2D eigenvalue weighted by Crippen LogP contribution is 2.38. The lowest BCUT2D eigenvalue weighted by atomic mass is 9.89. The maximum atomic E-state index is 12.9. The Balaban J connectivity index is 0.00000208. The molecule has 0 unspecified atom stereocenters. The van der Waals surface area contributed by atoms with Gasteiger partial charge in [0.1, 0.15) is 4.21 Å². The summed E-state index contributed by atoms with van der Waals surface area (Å²) < 4.78 is 28.1. The van der Waals surface area contributed by atoms with Crippen LogP contribution in [0.4, 0.5) is 0 Å². The van der Waals surface area contributed by atoms with E-state index in [0.717, 1.165) is 22.5 Å². The van der Waals surface area contributed by atoms with Crippen LogP contribution in [-0.2, 0) is 10.0 Å². The number of benzene rings is 1. The zero-order valence-electron chi connectivity index (χ0n) is 13.2. The number of hydrogen-bond acceptors (Lipinski definition) is 4. The minimum Gasteiger partial charge on any atom is -0.330 e. The highest BCUT2D eigenvalue weighted by atomic mass is 35.5. The van der Waals surface area contributed by atoms with Crippen LogP contribution in [0.1, 0.15) is 17.0 Å². The molecule has 1 aromatic carbocycles. The van der Waals surface area contributed by atoms with E-state index in [0.29, 0.717) is 28.2 Å². The predicted octanol–water partition coefficient (Wildman–Crippen LogP) is 3.49. The third-order valence-corrected chi connectivity index (χ3v) is 8.20. The number of hydrogen-bond donors (Lipinski definition) is 1. The van der Waals surface area contributed by atoms with E-state index in [9.17, 15) is 8.42 Å². The van der Waals surface area contributed by atoms with E-state index in [1.807, 2.05) is 37.3 Å². The van der Waals surface area contributed by atoms with Crippen LogP contribution in [0, 0.1) is 12.8 Å². The largest absolute Gasteiger partial charge is 0.330 e. The van der Waals surface area contributed by atoms with Gasteiger partial charge < -0.3 is 5.73 Å². The Morgan fingerprint density at radius 1 is 1.29 bits per heavy atom. The van der Waals surface area contributed by atoms with Crippen LogP contribution in [0.3, 0.4) is 0 Å². The van der Waals surface area contributed by atoms with Crippen molar-refractivity contribution in [2.45, 2.75) is 17.1 Å². The number of halogens is 2. The predicted molar refractivity (Wildman–Crippen MR) is 102 cm³/mol. The second-order valence-electron chi connectivity index (χ2n) is 5.86. The van der Waals surface area contributed by atoms with Gasteiger partial charge in [0.15, 0.2) is 0 Å². The lowest BCUT2D eigenvalue weighted by molar-refractivity contribution is 0.460. The first kappa shape index (κ1) is 19.7. The third-order valence-electron chi connectivity index (χ3n) is 4.37. The van der Waals surface area contributed by atoms with Crippen LogP contribution in [0.2, 0.25) is 4.34 Å². The molecule has 2 aromatic rings. The molecule has 0 amide bonds. The highest BCUT2D eigenvalue weighted by Gasteiger charge is 2.40. The molecule has 1 aromatic heterocycles. The monoisotopic (exact) mass is 406 g/mol. The maximum absolute atomic E-state index is 12.9. The van der Waals surface area contributed by atoms with E-state index in [1.54, 1.807) is 10.4 Å². The number of thiophene rings is 1. The molecule has 3 rings (SSSR count). The summed E-state index contributed by atoms with van der Waals surface area (Å²) in [5, 5.41) is 0. The van der Waals surface area contributed by atoms with Crippen LogP contribution in [0.25, 0.3) is 0 Å². The van der Waals surface area contributed by atoms with Gasteiger partial charge >= 0.3 is 0 Å². The molecule has 132 valence electrons. The third kappa shape index (κ3) is 3.64. The molecule has 1 saturated heterocycles. The minimum absolute atomic E-state index is 0. The summed E-state index contributed by atoms with van der Waals surface area (Å²) in [6.45, 7) is 3.20.